The van der Waals surface area contributed by atoms with Gasteiger partial charge in [0.15, 0.2) is 15.5 Å². The molecule has 0 aliphatic heterocycles. The summed E-state index contributed by atoms with van der Waals surface area (Å²) in [5, 5.41) is 11.6. The van der Waals surface area contributed by atoms with Crippen molar-refractivity contribution < 1.29 is 14.7 Å². The Balaban J connectivity index is 2.25. The Morgan fingerprint density at radius 3 is 2.57 bits per heavy atom. The lowest BCUT2D eigenvalue weighted by atomic mass is 10.1. The number of benzene rings is 1. The zero-order valence-electron chi connectivity index (χ0n) is 12.7. The number of aromatic nitrogens is 2. The van der Waals surface area contributed by atoms with Gasteiger partial charge < -0.3 is 0 Å². The first kappa shape index (κ1) is 13.8. The van der Waals surface area contributed by atoms with Crippen molar-refractivity contribution >= 4 is 26.6 Å². The van der Waals surface area contributed by atoms with Crippen LogP contribution in [-0.4, -0.2) is 23.3 Å². The highest BCUT2D eigenvalue weighted by Crippen LogP contribution is 2.28. The molecule has 0 saturated carbocycles. The highest BCUT2D eigenvalue weighted by molar-refractivity contribution is 7.90. The lowest BCUT2D eigenvalue weighted by Gasteiger charge is -2.08. The van der Waals surface area contributed by atoms with Crippen LogP contribution in [0.15, 0.2) is 59.7 Å². The summed E-state index contributed by atoms with van der Waals surface area (Å²) < 4.78 is 33.0. The Kier molecular flexibility index (Phi) is 3.43. The number of nitrogens with zero attached hydrogens (tertiary/aromatic N) is 3. The first-order valence-corrected chi connectivity index (χ1v) is 8.22. The summed E-state index contributed by atoms with van der Waals surface area (Å²) in [7, 11) is -3.82. The minimum atomic E-state index is -3.82. The van der Waals surface area contributed by atoms with E-state index in [9.17, 15) is 18.5 Å². The van der Waals surface area contributed by atoms with Crippen molar-refractivity contribution in [3.8, 4) is 0 Å². The smallest absolute Gasteiger partial charge is 0.258 e. The summed E-state index contributed by atoms with van der Waals surface area (Å²) in [4.78, 5) is 18.4. The van der Waals surface area contributed by atoms with Crippen molar-refractivity contribution in [1.82, 2.24) is 9.97 Å². The number of hydrogen-bond acceptors (Lipinski definition) is 6. The van der Waals surface area contributed by atoms with Crippen molar-refractivity contribution in [3.63, 3.8) is 0 Å². The minimum Gasteiger partial charge on any atom is -0.258 e. The molecule has 0 bridgehead atoms. The molecule has 8 heteroatoms. The fourth-order valence-corrected chi connectivity index (χ4v) is 3.63. The molecule has 0 spiro atoms. The monoisotopic (exact) mass is 330 g/mol. The van der Waals surface area contributed by atoms with Gasteiger partial charge in [-0.1, -0.05) is 18.2 Å². The summed E-state index contributed by atoms with van der Waals surface area (Å²) in [5.74, 6) is -0.607. The number of hydrogen-bond donors (Lipinski definition) is 0. The first-order chi connectivity index (χ1) is 11.4. The molecule has 0 unspecified atom stereocenters. The predicted molar refractivity (Wildman–Crippen MR) is 83.5 cm³/mol. The van der Waals surface area contributed by atoms with E-state index in [1.807, 2.05) is 0 Å². The van der Waals surface area contributed by atoms with E-state index in [0.717, 1.165) is 0 Å². The molecule has 0 saturated heterocycles. The molecule has 0 radical (unpaired) electrons. The number of sulfone groups is 1. The molecule has 0 amide bonds. The van der Waals surface area contributed by atoms with Gasteiger partial charge in [-0.25, -0.2) is 18.4 Å². The lowest BCUT2D eigenvalue weighted by Crippen LogP contribution is -2.08. The highest BCUT2D eigenvalue weighted by atomic mass is 32.2. The van der Waals surface area contributed by atoms with Crippen LogP contribution in [0.4, 0.5) is 5.69 Å². The number of rotatable bonds is 4. The second-order valence-corrected chi connectivity index (χ2v) is 6.74. The van der Waals surface area contributed by atoms with Crippen molar-refractivity contribution in [2.75, 3.05) is 0 Å². The zero-order valence-corrected chi connectivity index (χ0v) is 12.5. The number of fused-ring (bicyclic) bond motifs is 1. The van der Waals surface area contributed by atoms with Gasteiger partial charge in [0.25, 0.3) is 5.69 Å². The molecule has 7 nitrogen and oxygen atoms in total. The van der Waals surface area contributed by atoms with Crippen LogP contribution >= 0.6 is 0 Å². The van der Waals surface area contributed by atoms with E-state index < -0.39 is 32.4 Å². The maximum Gasteiger partial charge on any atom is 0.292 e. The predicted octanol–water partition coefficient (Wildman–Crippen LogP) is 2.51. The van der Waals surface area contributed by atoms with E-state index in [-0.39, 0.29) is 21.5 Å². The summed E-state index contributed by atoms with van der Waals surface area (Å²) in [6, 6.07) is 10.7. The average Bonchev–Trinajstić information content (AvgIpc) is 2.55. The van der Waals surface area contributed by atoms with Crippen LogP contribution in [-0.2, 0) is 15.6 Å². The quantitative estimate of drug-likeness (QED) is 0.538. The van der Waals surface area contributed by atoms with Crippen LogP contribution in [0.5, 0.6) is 0 Å². The highest BCUT2D eigenvalue weighted by Gasteiger charge is 2.25. The molecular weight excluding hydrogens is 318 g/mol. The second kappa shape index (κ2) is 5.73. The third-order valence-corrected chi connectivity index (χ3v) is 4.94. The zero-order chi connectivity index (χ0) is 17.3. The summed E-state index contributed by atoms with van der Waals surface area (Å²) in [5.41, 5.74) is -0.590. The molecule has 23 heavy (non-hydrogen) atoms. The molecule has 3 rings (SSSR count). The molecule has 0 aliphatic carbocycles. The molecule has 0 atom stereocenters. The van der Waals surface area contributed by atoms with Gasteiger partial charge in [-0.3, -0.25) is 10.1 Å². The maximum atomic E-state index is 12.6. The molecule has 0 aliphatic rings. The minimum absolute atomic E-state index is 0.0553. The Morgan fingerprint density at radius 2 is 1.87 bits per heavy atom. The fraction of sp³-hybridized carbons (Fsp3) is 0.0667. The Labute approximate surface area is 133 Å². The largest absolute Gasteiger partial charge is 0.292 e. The maximum absolute atomic E-state index is 12.6. The van der Waals surface area contributed by atoms with Crippen LogP contribution in [0.3, 0.4) is 0 Å². The van der Waals surface area contributed by atoms with Gasteiger partial charge >= 0.3 is 0 Å². The van der Waals surface area contributed by atoms with E-state index in [1.54, 1.807) is 18.2 Å². The van der Waals surface area contributed by atoms with Gasteiger partial charge in [-0.15, -0.1) is 0 Å². The summed E-state index contributed by atoms with van der Waals surface area (Å²) >= 11 is 0. The van der Waals surface area contributed by atoms with Gasteiger partial charge in [0, 0.05) is 11.6 Å². The number of nitro groups is 1. The van der Waals surface area contributed by atoms with Crippen molar-refractivity contribution in [1.29, 1.82) is 0 Å². The standard InChI is InChI=1S/C15H11N3O4S/c19-18(20)14-9-17-15-12(7-4-8-16-15)13(14)10-23(21,22)11-5-2-1-3-6-11/h1-9H,10H2/i9D. The first-order valence-electron chi connectivity index (χ1n) is 7.06. The second-order valence-electron chi connectivity index (χ2n) is 4.75. The van der Waals surface area contributed by atoms with Gasteiger partial charge in [0.2, 0.25) is 0 Å². The fourth-order valence-electron chi connectivity index (χ4n) is 2.22. The van der Waals surface area contributed by atoms with E-state index in [0.29, 0.717) is 0 Å². The normalized spacial score (nSPS) is 12.1. The Morgan fingerprint density at radius 1 is 1.13 bits per heavy atom. The molecule has 3 aromatic rings. The molecule has 0 fully saturated rings. The topological polar surface area (TPSA) is 103 Å². The van der Waals surface area contributed by atoms with Crippen LogP contribution in [0.25, 0.3) is 11.0 Å². The molecular formula is C15H11N3O4S. The summed E-state index contributed by atoms with van der Waals surface area (Å²) in [6.45, 7) is 0. The lowest BCUT2D eigenvalue weighted by molar-refractivity contribution is -0.385. The van der Waals surface area contributed by atoms with E-state index >= 15 is 0 Å². The summed E-state index contributed by atoms with van der Waals surface area (Å²) in [6.07, 6.45) is 0.820. The van der Waals surface area contributed by atoms with Crippen molar-refractivity contribution in [2.24, 2.45) is 0 Å². The van der Waals surface area contributed by atoms with E-state index in [4.69, 9.17) is 1.37 Å². The van der Waals surface area contributed by atoms with Crippen molar-refractivity contribution in [3.05, 3.63) is 70.5 Å². The van der Waals surface area contributed by atoms with Crippen LogP contribution < -0.4 is 0 Å². The third kappa shape index (κ3) is 2.88. The average molecular weight is 330 g/mol. The molecule has 0 N–H and O–H groups in total. The SMILES string of the molecule is [2H]c1nc2ncccc2c(CS(=O)(=O)c2ccccc2)c1[N+](=O)[O-]. The van der Waals surface area contributed by atoms with Gasteiger partial charge in [0.05, 0.1) is 22.5 Å². The number of pyridine rings is 2. The van der Waals surface area contributed by atoms with Crippen LogP contribution in [0.1, 0.15) is 6.93 Å². The van der Waals surface area contributed by atoms with E-state index in [1.165, 1.54) is 30.5 Å². The van der Waals surface area contributed by atoms with E-state index in [2.05, 4.69) is 9.97 Å². The van der Waals surface area contributed by atoms with Crippen LogP contribution in [0, 0.1) is 10.1 Å². The van der Waals surface area contributed by atoms with Gasteiger partial charge in [-0.2, -0.15) is 0 Å². The molecule has 2 heterocycles. The molecule has 116 valence electrons. The third-order valence-electron chi connectivity index (χ3n) is 3.28. The van der Waals surface area contributed by atoms with Gasteiger partial charge in [0.1, 0.15) is 6.17 Å². The van der Waals surface area contributed by atoms with Gasteiger partial charge in [-0.05, 0) is 24.3 Å². The van der Waals surface area contributed by atoms with Crippen LogP contribution in [0.2, 0.25) is 0 Å². The molecule has 1 aromatic carbocycles. The van der Waals surface area contributed by atoms with Crippen molar-refractivity contribution in [2.45, 2.75) is 10.6 Å². The molecule has 2 aromatic heterocycles. The Bertz CT molecular complexity index is 1040. The Hall–Kier alpha value is -2.87.